The zero-order valence-corrected chi connectivity index (χ0v) is 20.8. The average Bonchev–Trinajstić information content (AvgIpc) is 3.39. The number of esters is 2. The molecule has 192 valence electrons. The Labute approximate surface area is 214 Å². The quantitative estimate of drug-likeness (QED) is 0.382. The highest BCUT2D eigenvalue weighted by Gasteiger charge is 2.40. The van der Waals surface area contributed by atoms with E-state index in [1.54, 1.807) is 94.1 Å². The Hall–Kier alpha value is -4.53. The van der Waals surface area contributed by atoms with Crippen molar-refractivity contribution in [1.29, 1.82) is 0 Å². The summed E-state index contributed by atoms with van der Waals surface area (Å²) in [5.41, 5.74) is 0.291. The van der Waals surface area contributed by atoms with Gasteiger partial charge in [0, 0.05) is 5.56 Å². The van der Waals surface area contributed by atoms with Crippen LogP contribution in [-0.4, -0.2) is 64.5 Å². The highest BCUT2D eigenvalue weighted by molar-refractivity contribution is 5.96. The van der Waals surface area contributed by atoms with Gasteiger partial charge in [0.05, 0.1) is 32.5 Å². The number of hydrogen-bond donors (Lipinski definition) is 0. The van der Waals surface area contributed by atoms with Crippen LogP contribution in [0.4, 0.5) is 0 Å². The van der Waals surface area contributed by atoms with Crippen molar-refractivity contribution in [3.63, 3.8) is 0 Å². The van der Waals surface area contributed by atoms with Crippen molar-refractivity contribution in [3.05, 3.63) is 89.5 Å². The van der Waals surface area contributed by atoms with Crippen LogP contribution < -0.4 is 14.2 Å². The molecular formula is C28H27NO8. The smallest absolute Gasteiger partial charge is 0.338 e. The van der Waals surface area contributed by atoms with Gasteiger partial charge in [-0.1, -0.05) is 0 Å². The molecule has 1 aliphatic rings. The highest BCUT2D eigenvalue weighted by Crippen LogP contribution is 2.26. The second-order valence-corrected chi connectivity index (χ2v) is 8.27. The van der Waals surface area contributed by atoms with Crippen molar-refractivity contribution in [2.45, 2.75) is 5.54 Å². The first-order valence-electron chi connectivity index (χ1n) is 11.4. The van der Waals surface area contributed by atoms with Crippen molar-refractivity contribution in [2.75, 3.05) is 41.2 Å². The van der Waals surface area contributed by atoms with E-state index in [1.807, 2.05) is 0 Å². The van der Waals surface area contributed by atoms with Gasteiger partial charge in [-0.05, 0) is 72.8 Å². The Bertz CT molecular complexity index is 1190. The number of ether oxygens (including phenoxy) is 6. The first kappa shape index (κ1) is 25.6. The molecule has 0 unspecified atom stereocenters. The molecule has 3 aromatic rings. The first-order valence-corrected chi connectivity index (χ1v) is 11.4. The summed E-state index contributed by atoms with van der Waals surface area (Å²) in [6.45, 7) is -0.263. The largest absolute Gasteiger partial charge is 0.497 e. The van der Waals surface area contributed by atoms with Gasteiger partial charge in [0.15, 0.2) is 5.54 Å². The molecule has 0 N–H and O–H groups in total. The van der Waals surface area contributed by atoms with Crippen LogP contribution in [0.5, 0.6) is 17.2 Å². The van der Waals surface area contributed by atoms with Gasteiger partial charge in [-0.3, -0.25) is 0 Å². The molecule has 1 heterocycles. The third-order valence-corrected chi connectivity index (χ3v) is 5.75. The molecule has 0 atom stereocenters. The monoisotopic (exact) mass is 505 g/mol. The Morgan fingerprint density at radius 1 is 0.703 bits per heavy atom. The number of carbonyl (C=O) groups is 2. The van der Waals surface area contributed by atoms with Gasteiger partial charge in [0.1, 0.15) is 37.1 Å². The summed E-state index contributed by atoms with van der Waals surface area (Å²) in [5, 5.41) is 0. The summed E-state index contributed by atoms with van der Waals surface area (Å²) in [6, 6.07) is 20.3. The van der Waals surface area contributed by atoms with E-state index in [0.29, 0.717) is 39.8 Å². The zero-order valence-electron chi connectivity index (χ0n) is 20.8. The zero-order chi connectivity index (χ0) is 26.3. The molecule has 0 spiro atoms. The normalized spacial score (nSPS) is 13.6. The van der Waals surface area contributed by atoms with Crippen LogP contribution >= 0.6 is 0 Å². The fourth-order valence-electron chi connectivity index (χ4n) is 3.57. The lowest BCUT2D eigenvalue weighted by molar-refractivity contribution is 0.0148. The molecule has 1 aliphatic heterocycles. The fraction of sp³-hybridized carbons (Fsp3) is 0.250. The van der Waals surface area contributed by atoms with Crippen LogP contribution in [-0.2, 0) is 14.2 Å². The van der Waals surface area contributed by atoms with Gasteiger partial charge >= 0.3 is 11.9 Å². The molecule has 0 aliphatic carbocycles. The molecule has 0 saturated heterocycles. The minimum Gasteiger partial charge on any atom is -0.497 e. The van der Waals surface area contributed by atoms with Crippen LogP contribution in [0.2, 0.25) is 0 Å². The van der Waals surface area contributed by atoms with Crippen LogP contribution in [0.15, 0.2) is 77.8 Å². The lowest BCUT2D eigenvalue weighted by Gasteiger charge is -2.23. The van der Waals surface area contributed by atoms with Crippen LogP contribution in [0, 0.1) is 0 Å². The number of hydrogen-bond acceptors (Lipinski definition) is 9. The summed E-state index contributed by atoms with van der Waals surface area (Å²) in [6.07, 6.45) is 0. The van der Waals surface area contributed by atoms with Crippen LogP contribution in [0.1, 0.15) is 26.3 Å². The number of benzene rings is 3. The minimum absolute atomic E-state index is 0.0557. The maximum Gasteiger partial charge on any atom is 0.338 e. The summed E-state index contributed by atoms with van der Waals surface area (Å²) in [4.78, 5) is 30.1. The van der Waals surface area contributed by atoms with Crippen molar-refractivity contribution in [1.82, 2.24) is 0 Å². The van der Waals surface area contributed by atoms with Crippen LogP contribution in [0.25, 0.3) is 0 Å². The Morgan fingerprint density at radius 2 is 1.11 bits per heavy atom. The highest BCUT2D eigenvalue weighted by atomic mass is 16.6. The van der Waals surface area contributed by atoms with E-state index in [9.17, 15) is 9.59 Å². The predicted octanol–water partition coefficient (Wildman–Crippen LogP) is 3.94. The molecule has 0 fully saturated rings. The van der Waals surface area contributed by atoms with Crippen LogP contribution in [0.3, 0.4) is 0 Å². The van der Waals surface area contributed by atoms with E-state index in [-0.39, 0.29) is 19.8 Å². The van der Waals surface area contributed by atoms with E-state index >= 15 is 0 Å². The minimum atomic E-state index is -1.13. The molecule has 37 heavy (non-hydrogen) atoms. The summed E-state index contributed by atoms with van der Waals surface area (Å²) in [5.74, 6) is 1.19. The fourth-order valence-corrected chi connectivity index (χ4v) is 3.57. The van der Waals surface area contributed by atoms with E-state index in [0.717, 1.165) is 0 Å². The molecule has 0 radical (unpaired) electrons. The van der Waals surface area contributed by atoms with E-state index in [2.05, 4.69) is 0 Å². The molecule has 9 nitrogen and oxygen atoms in total. The van der Waals surface area contributed by atoms with Crippen molar-refractivity contribution >= 4 is 17.8 Å². The third-order valence-electron chi connectivity index (χ3n) is 5.75. The summed E-state index contributed by atoms with van der Waals surface area (Å²) < 4.78 is 32.5. The van der Waals surface area contributed by atoms with Gasteiger partial charge in [0.25, 0.3) is 0 Å². The topological polar surface area (TPSA) is 102 Å². The van der Waals surface area contributed by atoms with Gasteiger partial charge < -0.3 is 28.4 Å². The third kappa shape index (κ3) is 6.19. The Balaban J connectivity index is 1.51. The number of carbonyl (C=O) groups excluding carboxylic acids is 2. The first-order chi connectivity index (χ1) is 17.9. The molecule has 4 rings (SSSR count). The number of aliphatic imine (C=N–C) groups is 1. The van der Waals surface area contributed by atoms with Crippen molar-refractivity contribution in [3.8, 4) is 17.2 Å². The standard InChI is InChI=1S/C28H27NO8/c1-32-22-10-4-19(5-11-22)25-29-28(16-35-25,17-36-26(30)20-6-12-23(33-2)13-7-20)18-37-27(31)21-8-14-24(34-3)15-9-21/h4-15H,16-18H2,1-3H3. The average molecular weight is 506 g/mol. The SMILES string of the molecule is COc1ccc(C(=O)OCC2(COC(=O)c3ccc(OC)cc3)COC(c3ccc(OC)cc3)=N2)cc1. The molecule has 0 bridgehead atoms. The molecule has 0 aromatic heterocycles. The lowest BCUT2D eigenvalue weighted by Crippen LogP contribution is -2.41. The number of nitrogens with zero attached hydrogens (tertiary/aromatic N) is 1. The van der Waals surface area contributed by atoms with Crippen molar-refractivity contribution < 1.29 is 38.0 Å². The molecular weight excluding hydrogens is 478 g/mol. The number of rotatable bonds is 10. The van der Waals surface area contributed by atoms with E-state index in [4.69, 9.17) is 33.4 Å². The van der Waals surface area contributed by atoms with Gasteiger partial charge in [0.2, 0.25) is 5.90 Å². The van der Waals surface area contributed by atoms with Gasteiger partial charge in [-0.25, -0.2) is 14.6 Å². The summed E-state index contributed by atoms with van der Waals surface area (Å²) in [7, 11) is 4.67. The molecule has 0 amide bonds. The molecule has 9 heteroatoms. The number of methoxy groups -OCH3 is 3. The Kier molecular flexibility index (Phi) is 7.92. The maximum absolute atomic E-state index is 12.7. The molecule has 3 aromatic carbocycles. The predicted molar refractivity (Wildman–Crippen MR) is 135 cm³/mol. The van der Waals surface area contributed by atoms with E-state index in [1.165, 1.54) is 0 Å². The van der Waals surface area contributed by atoms with Crippen molar-refractivity contribution in [2.24, 2.45) is 4.99 Å². The van der Waals surface area contributed by atoms with Gasteiger partial charge in [-0.15, -0.1) is 0 Å². The van der Waals surface area contributed by atoms with Gasteiger partial charge in [-0.2, -0.15) is 0 Å². The van der Waals surface area contributed by atoms with E-state index < -0.39 is 17.5 Å². The lowest BCUT2D eigenvalue weighted by atomic mass is 10.1. The maximum atomic E-state index is 12.7. The summed E-state index contributed by atoms with van der Waals surface area (Å²) >= 11 is 0. The second-order valence-electron chi connectivity index (χ2n) is 8.27. The Morgan fingerprint density at radius 3 is 1.51 bits per heavy atom. The second kappa shape index (κ2) is 11.5. The molecule has 0 saturated carbocycles.